The zero-order valence-corrected chi connectivity index (χ0v) is 19.5. The van der Waals surface area contributed by atoms with Gasteiger partial charge in [-0.3, -0.25) is 0 Å². The van der Waals surface area contributed by atoms with Gasteiger partial charge in [0, 0.05) is 39.6 Å². The van der Waals surface area contributed by atoms with Gasteiger partial charge in [-0.15, -0.1) is 0 Å². The molecule has 0 atom stereocenters. The average molecular weight is 439 g/mol. The third-order valence-electron chi connectivity index (χ3n) is 5.30. The number of rotatable bonds is 7. The van der Waals surface area contributed by atoms with Crippen molar-refractivity contribution < 1.29 is 6.10 Å². The van der Waals surface area contributed by atoms with E-state index in [1.165, 1.54) is 0 Å². The van der Waals surface area contributed by atoms with Crippen LogP contribution in [0.5, 0.6) is 0 Å². The van der Waals surface area contributed by atoms with Gasteiger partial charge in [-0.25, -0.2) is 0 Å². The molecule has 4 rings (SSSR count). The highest BCUT2D eigenvalue weighted by Crippen LogP contribution is 2.16. The number of aromatic nitrogens is 2. The second kappa shape index (κ2) is 9.96. The van der Waals surface area contributed by atoms with E-state index in [1.54, 1.807) is 0 Å². The minimum Gasteiger partial charge on any atom is -0.378 e. The molecule has 0 radical (unpaired) electrons. The largest absolute Gasteiger partial charge is 1.00 e. The Labute approximate surface area is 196 Å². The first-order chi connectivity index (χ1) is 16.0. The molecule has 4 aromatic rings. The lowest BCUT2D eigenvalue weighted by molar-refractivity contribution is -0.666. The van der Waals surface area contributed by atoms with Crippen LogP contribution in [0.3, 0.4) is 0 Å². The summed E-state index contributed by atoms with van der Waals surface area (Å²) in [6, 6.07) is 26.8. The zero-order valence-electron chi connectivity index (χ0n) is 20.5. The van der Waals surface area contributed by atoms with Gasteiger partial charge in [0.25, 0.3) is 0 Å². The average Bonchev–Trinajstić information content (AvgIpc) is 3.25. The summed E-state index contributed by atoms with van der Waals surface area (Å²) >= 11 is 0. The van der Waals surface area contributed by atoms with Gasteiger partial charge in [-0.1, -0.05) is 62.0 Å². The summed E-state index contributed by atoms with van der Waals surface area (Å²) < 4.78 is 3.70. The van der Waals surface area contributed by atoms with Gasteiger partial charge in [0.2, 0.25) is 0 Å². The van der Waals surface area contributed by atoms with Gasteiger partial charge in [0.15, 0.2) is 12.4 Å². The lowest BCUT2D eigenvalue weighted by Gasteiger charge is -2.11. The Morgan fingerprint density at radius 1 is 0.727 bits per heavy atom. The molecule has 6 heteroatoms. The molecular weight excluding hydrogens is 408 g/mol. The van der Waals surface area contributed by atoms with E-state index in [4.69, 9.17) is 10.2 Å². The second-order valence-electron chi connectivity index (χ2n) is 8.14. The Bertz CT molecular complexity index is 1160. The fourth-order valence-corrected chi connectivity index (χ4v) is 3.39. The molecule has 0 unspecified atom stereocenters. The van der Waals surface area contributed by atoms with Gasteiger partial charge < -0.3 is 9.80 Å². The third kappa shape index (κ3) is 5.36. The van der Waals surface area contributed by atoms with Gasteiger partial charge in [0.05, 0.1) is 18.0 Å². The third-order valence-corrected chi connectivity index (χ3v) is 5.30. The Morgan fingerprint density at radius 3 is 1.82 bits per heavy atom. The normalized spacial score (nSPS) is 11.4. The molecule has 0 aliphatic carbocycles. The van der Waals surface area contributed by atoms with E-state index >= 15 is 0 Å². The molecule has 0 aliphatic rings. The van der Waals surface area contributed by atoms with Crippen LogP contribution in [0, 0.1) is 0 Å². The number of imidazole rings is 1. The predicted molar refractivity (Wildman–Crippen MR) is 139 cm³/mol. The highest BCUT2D eigenvalue weighted by Gasteiger charge is 2.19. The Balaban J connectivity index is 0.00000324. The van der Waals surface area contributed by atoms with Crippen LogP contribution in [0.2, 0.25) is 0 Å². The van der Waals surface area contributed by atoms with Crippen LogP contribution in [0.25, 0.3) is 11.4 Å². The first kappa shape index (κ1) is 22.0. The molecule has 0 fully saturated rings. The van der Waals surface area contributed by atoms with Crippen molar-refractivity contribution >= 4 is 23.8 Å². The Hall–Kier alpha value is -4.19. The maximum Gasteiger partial charge on any atom is 1.00 e. The molecular formula is C27H30N6+2. The minimum atomic E-state index is 0. The molecule has 0 amide bonds. The van der Waals surface area contributed by atoms with Crippen LogP contribution in [-0.2, 0) is 0 Å². The predicted octanol–water partition coefficient (Wildman–Crippen LogP) is 4.45. The highest BCUT2D eigenvalue weighted by atomic mass is 15.5. The molecule has 0 aliphatic heterocycles. The maximum atomic E-state index is 4.71. The van der Waals surface area contributed by atoms with Crippen LogP contribution in [0.4, 0.5) is 11.4 Å². The van der Waals surface area contributed by atoms with E-state index in [0.29, 0.717) is 0 Å². The van der Waals surface area contributed by atoms with Crippen molar-refractivity contribution in [1.82, 2.24) is 4.68 Å². The SMILES string of the molecule is CN(C)c1ccc(C=Nn2cc[n+](N=Cc3ccc(N(C)C)cc3)c2-c2ccccc2)cc1.[H+]. The quantitative estimate of drug-likeness (QED) is 0.316. The fraction of sp³-hybridized carbons (Fsp3) is 0.148. The molecule has 1 aromatic heterocycles. The summed E-state index contributed by atoms with van der Waals surface area (Å²) in [5.74, 6) is 0.873. The van der Waals surface area contributed by atoms with E-state index < -0.39 is 0 Å². The van der Waals surface area contributed by atoms with Crippen LogP contribution in [0.1, 0.15) is 12.6 Å². The summed E-state index contributed by atoms with van der Waals surface area (Å²) in [4.78, 5) is 4.16. The molecule has 0 N–H and O–H groups in total. The maximum absolute atomic E-state index is 4.71. The van der Waals surface area contributed by atoms with Crippen LogP contribution >= 0.6 is 0 Å². The summed E-state index contributed by atoms with van der Waals surface area (Å²) in [7, 11) is 8.13. The van der Waals surface area contributed by atoms with Crippen molar-refractivity contribution in [3.8, 4) is 11.4 Å². The van der Waals surface area contributed by atoms with Crippen LogP contribution in [-0.4, -0.2) is 45.3 Å². The van der Waals surface area contributed by atoms with Crippen molar-refractivity contribution in [1.29, 1.82) is 0 Å². The molecule has 0 saturated heterocycles. The molecule has 3 aromatic carbocycles. The highest BCUT2D eigenvalue weighted by molar-refractivity contribution is 5.81. The molecule has 0 bridgehead atoms. The van der Waals surface area contributed by atoms with Gasteiger partial charge in [-0.05, 0) is 47.5 Å². The molecule has 1 heterocycles. The van der Waals surface area contributed by atoms with E-state index in [2.05, 4.69) is 70.5 Å². The van der Waals surface area contributed by atoms with Crippen molar-refractivity contribution in [2.24, 2.45) is 10.2 Å². The van der Waals surface area contributed by atoms with Crippen molar-refractivity contribution in [2.75, 3.05) is 38.0 Å². The lowest BCUT2D eigenvalue weighted by Crippen LogP contribution is -2.28. The lowest BCUT2D eigenvalue weighted by atomic mass is 10.2. The van der Waals surface area contributed by atoms with Gasteiger partial charge in [-0.2, -0.15) is 0 Å². The number of nitrogens with zero attached hydrogens (tertiary/aromatic N) is 6. The molecule has 0 spiro atoms. The monoisotopic (exact) mass is 438 g/mol. The fourth-order valence-electron chi connectivity index (χ4n) is 3.39. The van der Waals surface area contributed by atoms with Crippen molar-refractivity contribution in [3.63, 3.8) is 0 Å². The van der Waals surface area contributed by atoms with E-state index in [9.17, 15) is 0 Å². The number of anilines is 2. The molecule has 166 valence electrons. The smallest absolute Gasteiger partial charge is 0.378 e. The van der Waals surface area contributed by atoms with Crippen LogP contribution in [0.15, 0.2) is 101 Å². The first-order valence-electron chi connectivity index (χ1n) is 10.8. The van der Waals surface area contributed by atoms with Crippen LogP contribution < -0.4 is 14.5 Å². The zero-order chi connectivity index (χ0) is 23.2. The van der Waals surface area contributed by atoms with E-state index in [0.717, 1.165) is 33.9 Å². The van der Waals surface area contributed by atoms with E-state index in [-0.39, 0.29) is 1.43 Å². The topological polar surface area (TPSA) is 40.0 Å². The number of hydrogen-bond acceptors (Lipinski definition) is 4. The van der Waals surface area contributed by atoms with Gasteiger partial charge in [0.1, 0.15) is 0 Å². The molecule has 6 nitrogen and oxygen atoms in total. The number of benzene rings is 3. The van der Waals surface area contributed by atoms with Crippen molar-refractivity contribution in [2.45, 2.75) is 0 Å². The van der Waals surface area contributed by atoms with E-state index in [1.807, 2.05) is 80.6 Å². The van der Waals surface area contributed by atoms with Gasteiger partial charge >= 0.3 is 7.25 Å². The van der Waals surface area contributed by atoms with Crippen molar-refractivity contribution in [3.05, 3.63) is 102 Å². The Kier molecular flexibility index (Phi) is 6.64. The number of hydrogen-bond donors (Lipinski definition) is 0. The summed E-state index contributed by atoms with van der Waals surface area (Å²) in [5, 5.41) is 9.42. The molecule has 33 heavy (non-hydrogen) atoms. The second-order valence-corrected chi connectivity index (χ2v) is 8.14. The Morgan fingerprint density at radius 2 is 1.27 bits per heavy atom. The first-order valence-corrected chi connectivity index (χ1v) is 10.8. The summed E-state index contributed by atoms with van der Waals surface area (Å²) in [5.41, 5.74) is 5.41. The standard InChI is InChI=1S/C27H29N6/c1-30(2)25-14-10-22(11-15-25)20-28-32-18-19-33(27(32)24-8-6-5-7-9-24)29-21-23-12-16-26(17-13-23)31(3)4/h5-21H,1-4H3/q+1/p+1. The summed E-state index contributed by atoms with van der Waals surface area (Å²) in [6.45, 7) is 0. The molecule has 0 saturated carbocycles. The minimum absolute atomic E-state index is 0. The summed E-state index contributed by atoms with van der Waals surface area (Å²) in [6.07, 6.45) is 7.55.